The van der Waals surface area contributed by atoms with E-state index in [2.05, 4.69) is 15.3 Å². The lowest BCUT2D eigenvalue weighted by Crippen LogP contribution is -2.59. The second kappa shape index (κ2) is 9.33. The molecule has 1 aliphatic rings. The van der Waals surface area contributed by atoms with Crippen LogP contribution >= 0.6 is 0 Å². The largest absolute Gasteiger partial charge is 0.491 e. The first-order valence-corrected chi connectivity index (χ1v) is 9.45. The van der Waals surface area contributed by atoms with E-state index in [-0.39, 0.29) is 18.0 Å². The lowest BCUT2D eigenvalue weighted by Gasteiger charge is -2.38. The normalized spacial score (nSPS) is 17.0. The molecular weight excluding hydrogens is 374 g/mol. The number of amides is 2. The van der Waals surface area contributed by atoms with Crippen molar-refractivity contribution in [3.8, 4) is 5.75 Å². The van der Waals surface area contributed by atoms with Crippen LogP contribution in [0.5, 0.6) is 5.75 Å². The van der Waals surface area contributed by atoms with E-state index in [9.17, 15) is 14.4 Å². The van der Waals surface area contributed by atoms with Crippen LogP contribution in [0.4, 0.5) is 0 Å². The molecule has 2 heterocycles. The number of benzene rings is 1. The summed E-state index contributed by atoms with van der Waals surface area (Å²) < 4.78 is 5.69. The van der Waals surface area contributed by atoms with Crippen LogP contribution in [0.25, 0.3) is 0 Å². The Morgan fingerprint density at radius 2 is 2.10 bits per heavy atom. The van der Waals surface area contributed by atoms with Crippen molar-refractivity contribution in [3.05, 3.63) is 58.3 Å². The van der Waals surface area contributed by atoms with Gasteiger partial charge in [-0.15, -0.1) is 0 Å². The summed E-state index contributed by atoms with van der Waals surface area (Å²) in [6.45, 7) is 3.83. The zero-order valence-corrected chi connectivity index (χ0v) is 16.6. The summed E-state index contributed by atoms with van der Waals surface area (Å²) in [5, 5.41) is 2.86. The molecule has 2 amide bonds. The van der Waals surface area contributed by atoms with Crippen LogP contribution in [-0.4, -0.2) is 77.5 Å². The van der Waals surface area contributed by atoms with Gasteiger partial charge in [0, 0.05) is 25.8 Å². The number of piperazine rings is 1. The third-order valence-corrected chi connectivity index (χ3v) is 4.94. The van der Waals surface area contributed by atoms with Gasteiger partial charge in [0.1, 0.15) is 24.0 Å². The van der Waals surface area contributed by atoms with Crippen molar-refractivity contribution in [1.29, 1.82) is 0 Å². The molecule has 2 aromatic rings. The molecule has 0 unspecified atom stereocenters. The Morgan fingerprint density at radius 3 is 2.86 bits per heavy atom. The van der Waals surface area contributed by atoms with Crippen LogP contribution in [0.2, 0.25) is 0 Å². The maximum atomic E-state index is 12.6. The number of hydrogen-bond acceptors (Lipinski definition) is 6. The highest BCUT2D eigenvalue weighted by Gasteiger charge is 2.33. The minimum atomic E-state index is -0.498. The van der Waals surface area contributed by atoms with Gasteiger partial charge < -0.3 is 19.9 Å². The molecule has 1 atom stereocenters. The highest BCUT2D eigenvalue weighted by molar-refractivity contribution is 5.94. The highest BCUT2D eigenvalue weighted by atomic mass is 16.5. The van der Waals surface area contributed by atoms with Gasteiger partial charge in [0.25, 0.3) is 11.5 Å². The lowest BCUT2D eigenvalue weighted by molar-refractivity contribution is -0.127. The summed E-state index contributed by atoms with van der Waals surface area (Å²) >= 11 is 0. The molecule has 154 valence electrons. The molecule has 0 bridgehead atoms. The van der Waals surface area contributed by atoms with Crippen LogP contribution in [0.15, 0.2) is 41.6 Å². The number of nitrogens with zero attached hydrogens (tertiary/aromatic N) is 3. The van der Waals surface area contributed by atoms with E-state index in [4.69, 9.17) is 4.74 Å². The summed E-state index contributed by atoms with van der Waals surface area (Å²) in [5.74, 6) is 0.182. The monoisotopic (exact) mass is 399 g/mol. The Hall–Kier alpha value is -3.20. The molecule has 9 nitrogen and oxygen atoms in total. The molecule has 1 aliphatic heterocycles. The van der Waals surface area contributed by atoms with Crippen molar-refractivity contribution < 1.29 is 14.3 Å². The van der Waals surface area contributed by atoms with Crippen LogP contribution in [0.1, 0.15) is 15.9 Å². The third kappa shape index (κ3) is 5.00. The Labute approximate surface area is 168 Å². The van der Waals surface area contributed by atoms with Crippen molar-refractivity contribution in [1.82, 2.24) is 25.1 Å². The van der Waals surface area contributed by atoms with Gasteiger partial charge >= 0.3 is 0 Å². The number of aromatic nitrogens is 2. The highest BCUT2D eigenvalue weighted by Crippen LogP contribution is 2.15. The summed E-state index contributed by atoms with van der Waals surface area (Å²) in [7, 11) is 1.84. The predicted octanol–water partition coefficient (Wildman–Crippen LogP) is 0.0297. The lowest BCUT2D eigenvalue weighted by atomic mass is 10.1. The summed E-state index contributed by atoms with van der Waals surface area (Å²) in [4.78, 5) is 46.7. The number of likely N-dealkylation sites (N-methyl/N-ethyl adjacent to an activating group) is 1. The quantitative estimate of drug-likeness (QED) is 0.664. The Morgan fingerprint density at radius 1 is 1.31 bits per heavy atom. The van der Waals surface area contributed by atoms with E-state index in [1.807, 2.05) is 43.1 Å². The number of hydrogen-bond donors (Lipinski definition) is 2. The predicted molar refractivity (Wildman–Crippen MR) is 107 cm³/mol. The molecule has 29 heavy (non-hydrogen) atoms. The minimum Gasteiger partial charge on any atom is -0.491 e. The van der Waals surface area contributed by atoms with Gasteiger partial charge in [-0.1, -0.05) is 18.2 Å². The summed E-state index contributed by atoms with van der Waals surface area (Å²) in [6.07, 6.45) is 2.48. The molecule has 1 aromatic heterocycles. The van der Waals surface area contributed by atoms with Crippen LogP contribution < -0.4 is 15.6 Å². The number of carbonyl (C=O) groups is 2. The van der Waals surface area contributed by atoms with Crippen LogP contribution in [0.3, 0.4) is 0 Å². The number of H-pyrrole nitrogens is 1. The van der Waals surface area contributed by atoms with Crippen molar-refractivity contribution >= 4 is 11.8 Å². The van der Waals surface area contributed by atoms with Gasteiger partial charge in [-0.05, 0) is 25.6 Å². The van der Waals surface area contributed by atoms with Crippen LogP contribution in [0, 0.1) is 6.92 Å². The molecule has 1 aromatic carbocycles. The Bertz CT molecular complexity index is 929. The van der Waals surface area contributed by atoms with E-state index in [1.54, 1.807) is 0 Å². The SMILES string of the molecule is Cc1ccccc1OCCNC(=O)[C@@H]1CN(C(=O)c2cnc[nH]c2=O)CCN1C. The summed E-state index contributed by atoms with van der Waals surface area (Å²) in [5.41, 5.74) is 0.520. The van der Waals surface area contributed by atoms with Crippen molar-refractivity contribution in [2.24, 2.45) is 0 Å². The zero-order chi connectivity index (χ0) is 20.8. The molecule has 0 saturated carbocycles. The number of rotatable bonds is 6. The van der Waals surface area contributed by atoms with E-state index >= 15 is 0 Å². The maximum Gasteiger partial charge on any atom is 0.263 e. The molecule has 0 spiro atoms. The van der Waals surface area contributed by atoms with Gasteiger partial charge in [-0.3, -0.25) is 19.3 Å². The van der Waals surface area contributed by atoms with E-state index < -0.39 is 17.5 Å². The number of nitrogens with one attached hydrogen (secondary N) is 2. The van der Waals surface area contributed by atoms with E-state index in [1.165, 1.54) is 17.4 Å². The van der Waals surface area contributed by atoms with Gasteiger partial charge in [0.15, 0.2) is 0 Å². The van der Waals surface area contributed by atoms with Crippen LogP contribution in [-0.2, 0) is 4.79 Å². The fourth-order valence-corrected chi connectivity index (χ4v) is 3.18. The first-order chi connectivity index (χ1) is 14.0. The maximum absolute atomic E-state index is 12.6. The van der Waals surface area contributed by atoms with E-state index in [0.29, 0.717) is 26.2 Å². The molecule has 0 aliphatic carbocycles. The fraction of sp³-hybridized carbons (Fsp3) is 0.400. The molecule has 3 rings (SSSR count). The number of aryl methyl sites for hydroxylation is 1. The second-order valence-corrected chi connectivity index (χ2v) is 6.95. The number of ether oxygens (including phenoxy) is 1. The van der Waals surface area contributed by atoms with Gasteiger partial charge in [-0.2, -0.15) is 0 Å². The fourth-order valence-electron chi connectivity index (χ4n) is 3.18. The Balaban J connectivity index is 1.54. The smallest absolute Gasteiger partial charge is 0.263 e. The molecule has 2 N–H and O–H groups in total. The average Bonchev–Trinajstić information content (AvgIpc) is 2.72. The van der Waals surface area contributed by atoms with Crippen molar-refractivity contribution in [3.63, 3.8) is 0 Å². The number of para-hydroxylation sites is 1. The first-order valence-electron chi connectivity index (χ1n) is 9.45. The van der Waals surface area contributed by atoms with Gasteiger partial charge in [0.2, 0.25) is 5.91 Å². The van der Waals surface area contributed by atoms with Crippen molar-refractivity contribution in [2.75, 3.05) is 39.8 Å². The molecule has 1 saturated heterocycles. The molecule has 0 radical (unpaired) electrons. The third-order valence-electron chi connectivity index (χ3n) is 4.94. The second-order valence-electron chi connectivity index (χ2n) is 6.95. The van der Waals surface area contributed by atoms with Crippen molar-refractivity contribution in [2.45, 2.75) is 13.0 Å². The standard InChI is InChI=1S/C20H25N5O4/c1-14-5-3-4-6-17(14)29-10-7-22-19(27)16-12-25(9-8-24(16)2)20(28)15-11-21-13-23-18(15)26/h3-6,11,13,16H,7-10,12H2,1-2H3,(H,22,27)(H,21,23,26)/t16-/m0/s1. The molecular formula is C20H25N5O4. The summed E-state index contributed by atoms with van der Waals surface area (Å²) in [6, 6.07) is 7.19. The van der Waals surface area contributed by atoms with E-state index in [0.717, 1.165) is 11.3 Å². The molecule has 1 fully saturated rings. The Kier molecular flexibility index (Phi) is 6.61. The van der Waals surface area contributed by atoms with Gasteiger partial charge in [0.05, 0.1) is 12.9 Å². The molecule has 9 heteroatoms. The zero-order valence-electron chi connectivity index (χ0n) is 16.6. The topological polar surface area (TPSA) is 108 Å². The average molecular weight is 399 g/mol. The van der Waals surface area contributed by atoms with Gasteiger partial charge in [-0.25, -0.2) is 4.98 Å². The number of carbonyl (C=O) groups excluding carboxylic acids is 2. The minimum absolute atomic E-state index is 0.0251. The first kappa shape index (κ1) is 20.5. The number of aromatic amines is 1.